The summed E-state index contributed by atoms with van der Waals surface area (Å²) in [4.78, 5) is 27.2. The molecular weight excluding hydrogens is 541 g/mol. The highest BCUT2D eigenvalue weighted by Gasteiger charge is 2.30. The molecule has 0 saturated heterocycles. The van der Waals surface area contributed by atoms with Crippen LogP contribution in [0, 0.1) is 0 Å². The molecule has 0 fully saturated rings. The number of carbonyl (C=O) groups excluding carboxylic acids is 2. The third-order valence-corrected chi connectivity index (χ3v) is 6.85. The highest BCUT2D eigenvalue weighted by atomic mass is 79.9. The molecule has 0 bridgehead atoms. The Kier molecular flexibility index (Phi) is 9.39. The Bertz CT molecular complexity index is 1080. The Balaban J connectivity index is 2.42. The minimum Gasteiger partial charge on any atom is -0.355 e. The van der Waals surface area contributed by atoms with E-state index in [9.17, 15) is 18.0 Å². The van der Waals surface area contributed by atoms with Gasteiger partial charge in [0.25, 0.3) is 0 Å². The first kappa shape index (κ1) is 26.4. The summed E-state index contributed by atoms with van der Waals surface area (Å²) in [6.45, 7) is 3.35. The van der Waals surface area contributed by atoms with Crippen molar-refractivity contribution in [2.24, 2.45) is 0 Å². The molecule has 32 heavy (non-hydrogen) atoms. The van der Waals surface area contributed by atoms with Gasteiger partial charge < -0.3 is 10.2 Å². The Labute approximate surface area is 206 Å². The average Bonchev–Trinajstić information content (AvgIpc) is 2.72. The molecule has 0 radical (unpaired) electrons. The summed E-state index contributed by atoms with van der Waals surface area (Å²) >= 11 is 15.6. The van der Waals surface area contributed by atoms with Crippen LogP contribution in [0.2, 0.25) is 10.0 Å². The number of benzene rings is 2. The molecule has 2 aromatic carbocycles. The van der Waals surface area contributed by atoms with Crippen molar-refractivity contribution in [1.82, 2.24) is 10.2 Å². The molecule has 1 atom stereocenters. The molecule has 7 nitrogen and oxygen atoms in total. The molecule has 2 aromatic rings. The van der Waals surface area contributed by atoms with Crippen molar-refractivity contribution < 1.29 is 18.0 Å². The van der Waals surface area contributed by atoms with E-state index >= 15 is 0 Å². The summed E-state index contributed by atoms with van der Waals surface area (Å²) in [5.41, 5.74) is 0.869. The molecule has 0 heterocycles. The number of sulfonamides is 1. The highest BCUT2D eigenvalue weighted by Crippen LogP contribution is 2.31. The number of nitrogens with one attached hydrogen (secondary N) is 1. The van der Waals surface area contributed by atoms with Crippen molar-refractivity contribution in [3.8, 4) is 0 Å². The van der Waals surface area contributed by atoms with Gasteiger partial charge in [0.1, 0.15) is 12.6 Å². The molecule has 1 N–H and O–H groups in total. The van der Waals surface area contributed by atoms with Gasteiger partial charge >= 0.3 is 0 Å². The van der Waals surface area contributed by atoms with Gasteiger partial charge in [-0.25, -0.2) is 8.42 Å². The molecule has 0 aliphatic carbocycles. The Morgan fingerprint density at radius 3 is 2.31 bits per heavy atom. The van der Waals surface area contributed by atoms with Gasteiger partial charge in [0.05, 0.1) is 17.0 Å². The molecule has 0 saturated carbocycles. The highest BCUT2D eigenvalue weighted by molar-refractivity contribution is 9.10. The van der Waals surface area contributed by atoms with Gasteiger partial charge in [-0.3, -0.25) is 13.9 Å². The number of likely N-dealkylation sites (N-methyl/N-ethyl adjacent to an activating group) is 1. The smallest absolute Gasteiger partial charge is 0.244 e. The van der Waals surface area contributed by atoms with E-state index < -0.39 is 28.5 Å². The van der Waals surface area contributed by atoms with Crippen LogP contribution in [-0.2, 0) is 26.2 Å². The average molecular weight is 565 g/mol. The zero-order valence-electron chi connectivity index (χ0n) is 17.8. The first-order valence-electron chi connectivity index (χ1n) is 9.68. The maximum absolute atomic E-state index is 13.3. The van der Waals surface area contributed by atoms with Crippen LogP contribution in [0.4, 0.5) is 5.69 Å². The summed E-state index contributed by atoms with van der Waals surface area (Å²) in [6.07, 6.45) is 0.976. The first-order chi connectivity index (χ1) is 14.9. The zero-order valence-corrected chi connectivity index (χ0v) is 21.7. The van der Waals surface area contributed by atoms with Crippen molar-refractivity contribution in [2.75, 3.05) is 23.7 Å². The van der Waals surface area contributed by atoms with Crippen LogP contribution in [-0.4, -0.2) is 50.5 Å². The van der Waals surface area contributed by atoms with E-state index in [1.54, 1.807) is 13.8 Å². The molecule has 2 rings (SSSR count). The standard InChI is InChI=1S/C21H24BrCl2N3O4S/c1-4-25-21(29)14(2)26(12-15-5-7-16(22)8-6-15)20(28)13-27(32(3,30)31)19-11-17(23)9-10-18(19)24/h5-11,14H,4,12-13H2,1-3H3,(H,25,29)/t14-/m0/s1. The van der Waals surface area contributed by atoms with Gasteiger partial charge in [0, 0.05) is 22.6 Å². The molecular formula is C21H24BrCl2N3O4S. The number of nitrogens with zero attached hydrogens (tertiary/aromatic N) is 2. The second-order valence-corrected chi connectivity index (χ2v) is 10.8. The number of hydrogen-bond acceptors (Lipinski definition) is 4. The van der Waals surface area contributed by atoms with Gasteiger partial charge in [-0.1, -0.05) is 51.3 Å². The number of carbonyl (C=O) groups is 2. The van der Waals surface area contributed by atoms with E-state index in [4.69, 9.17) is 23.2 Å². The summed E-state index contributed by atoms with van der Waals surface area (Å²) in [5, 5.41) is 3.10. The molecule has 0 aromatic heterocycles. The van der Waals surface area contributed by atoms with Crippen LogP contribution in [0.25, 0.3) is 0 Å². The number of amides is 2. The van der Waals surface area contributed by atoms with Crippen molar-refractivity contribution in [3.05, 3.63) is 62.5 Å². The van der Waals surface area contributed by atoms with E-state index in [-0.39, 0.29) is 28.2 Å². The third-order valence-electron chi connectivity index (χ3n) is 4.64. The lowest BCUT2D eigenvalue weighted by Crippen LogP contribution is -2.51. The first-order valence-corrected chi connectivity index (χ1v) is 13.1. The molecule has 11 heteroatoms. The Morgan fingerprint density at radius 1 is 1.12 bits per heavy atom. The zero-order chi connectivity index (χ0) is 24.1. The molecule has 174 valence electrons. The predicted octanol–water partition coefficient (Wildman–Crippen LogP) is 4.08. The Morgan fingerprint density at radius 2 is 1.75 bits per heavy atom. The maximum atomic E-state index is 13.3. The normalized spacial score (nSPS) is 12.2. The van der Waals surface area contributed by atoms with Gasteiger partial charge in [-0.05, 0) is 49.7 Å². The number of anilines is 1. The van der Waals surface area contributed by atoms with Crippen molar-refractivity contribution in [1.29, 1.82) is 0 Å². The predicted molar refractivity (Wildman–Crippen MR) is 131 cm³/mol. The van der Waals surface area contributed by atoms with Crippen LogP contribution in [0.1, 0.15) is 19.4 Å². The fraction of sp³-hybridized carbons (Fsp3) is 0.333. The summed E-state index contributed by atoms with van der Waals surface area (Å²) in [5.74, 6) is -0.905. The summed E-state index contributed by atoms with van der Waals surface area (Å²) in [6, 6.07) is 10.8. The third kappa shape index (κ3) is 7.10. The minimum atomic E-state index is -3.88. The Hall–Kier alpha value is -1.81. The van der Waals surface area contributed by atoms with Crippen LogP contribution in [0.15, 0.2) is 46.9 Å². The van der Waals surface area contributed by atoms with E-state index in [2.05, 4.69) is 21.2 Å². The molecule has 2 amide bonds. The fourth-order valence-electron chi connectivity index (χ4n) is 2.96. The quantitative estimate of drug-likeness (QED) is 0.497. The minimum absolute atomic E-state index is 0.0873. The van der Waals surface area contributed by atoms with Gasteiger partial charge in [0.2, 0.25) is 21.8 Å². The lowest BCUT2D eigenvalue weighted by Gasteiger charge is -2.31. The maximum Gasteiger partial charge on any atom is 0.244 e. The lowest BCUT2D eigenvalue weighted by atomic mass is 10.1. The van der Waals surface area contributed by atoms with Crippen LogP contribution in [0.5, 0.6) is 0 Å². The number of rotatable bonds is 9. The molecule has 0 aliphatic rings. The SMILES string of the molecule is CCNC(=O)[C@H](C)N(Cc1ccc(Br)cc1)C(=O)CN(c1cc(Cl)ccc1Cl)S(C)(=O)=O. The van der Waals surface area contributed by atoms with Gasteiger partial charge in [-0.2, -0.15) is 0 Å². The topological polar surface area (TPSA) is 86.8 Å². The monoisotopic (exact) mass is 563 g/mol. The summed E-state index contributed by atoms with van der Waals surface area (Å²) in [7, 11) is -3.88. The molecule has 0 unspecified atom stereocenters. The van der Waals surface area contributed by atoms with Crippen LogP contribution >= 0.6 is 39.1 Å². The largest absolute Gasteiger partial charge is 0.355 e. The van der Waals surface area contributed by atoms with Crippen LogP contribution < -0.4 is 9.62 Å². The summed E-state index contributed by atoms with van der Waals surface area (Å²) < 4.78 is 26.8. The number of halogens is 3. The van der Waals surface area contributed by atoms with Crippen molar-refractivity contribution in [2.45, 2.75) is 26.4 Å². The van der Waals surface area contributed by atoms with E-state index in [0.29, 0.717) is 6.54 Å². The van der Waals surface area contributed by atoms with Crippen molar-refractivity contribution >= 4 is 66.7 Å². The van der Waals surface area contributed by atoms with Crippen molar-refractivity contribution in [3.63, 3.8) is 0 Å². The van der Waals surface area contributed by atoms with E-state index in [1.807, 2.05) is 24.3 Å². The fourth-order valence-corrected chi connectivity index (χ4v) is 4.52. The van der Waals surface area contributed by atoms with Crippen LogP contribution in [0.3, 0.4) is 0 Å². The second-order valence-electron chi connectivity index (χ2n) is 7.08. The van der Waals surface area contributed by atoms with E-state index in [0.717, 1.165) is 20.6 Å². The number of hydrogen-bond donors (Lipinski definition) is 1. The second kappa shape index (κ2) is 11.4. The van der Waals surface area contributed by atoms with Gasteiger partial charge in [0.15, 0.2) is 0 Å². The molecule has 0 aliphatic heterocycles. The van der Waals surface area contributed by atoms with Gasteiger partial charge in [-0.15, -0.1) is 0 Å². The lowest BCUT2D eigenvalue weighted by molar-refractivity contribution is -0.139. The van der Waals surface area contributed by atoms with E-state index in [1.165, 1.54) is 23.1 Å². The molecule has 0 spiro atoms.